The number of methoxy groups -OCH3 is 2. The Morgan fingerprint density at radius 3 is 2.64 bits per heavy atom. The zero-order valence-corrected chi connectivity index (χ0v) is 24.7. The first-order chi connectivity index (χ1) is 18.7. The van der Waals surface area contributed by atoms with Gasteiger partial charge in [0.25, 0.3) is 5.56 Å². The summed E-state index contributed by atoms with van der Waals surface area (Å²) >= 11 is 11.1. The van der Waals surface area contributed by atoms with E-state index in [1.54, 1.807) is 45.2 Å². The molecular formula is C28H24BrClN2O6S. The number of thiazole rings is 1. The zero-order valence-electron chi connectivity index (χ0n) is 21.5. The number of halogens is 2. The maximum atomic E-state index is 13.9. The Morgan fingerprint density at radius 2 is 2.00 bits per heavy atom. The van der Waals surface area contributed by atoms with Crippen LogP contribution in [-0.2, 0) is 9.53 Å². The zero-order chi connectivity index (χ0) is 28.3. The molecule has 2 heterocycles. The van der Waals surface area contributed by atoms with Gasteiger partial charge in [0, 0.05) is 0 Å². The van der Waals surface area contributed by atoms with Crippen LogP contribution in [-0.4, -0.2) is 38.0 Å². The van der Waals surface area contributed by atoms with E-state index in [4.69, 9.17) is 37.0 Å². The number of hydrogen-bond acceptors (Lipinski definition) is 8. The summed E-state index contributed by atoms with van der Waals surface area (Å²) in [5.74, 6) is 3.16. The Labute approximate surface area is 242 Å². The molecule has 1 aliphatic heterocycles. The van der Waals surface area contributed by atoms with E-state index in [1.165, 1.54) is 23.0 Å². The number of ether oxygens (including phenoxy) is 4. The third-order valence-electron chi connectivity index (χ3n) is 5.86. The van der Waals surface area contributed by atoms with Crippen molar-refractivity contribution in [2.75, 3.05) is 27.4 Å². The molecule has 8 nitrogen and oxygen atoms in total. The first kappa shape index (κ1) is 28.5. The van der Waals surface area contributed by atoms with Crippen LogP contribution in [0, 0.1) is 12.3 Å². The fourth-order valence-corrected chi connectivity index (χ4v) is 6.07. The van der Waals surface area contributed by atoms with Crippen LogP contribution in [0.4, 0.5) is 0 Å². The van der Waals surface area contributed by atoms with E-state index in [-0.39, 0.29) is 29.4 Å². The van der Waals surface area contributed by atoms with Crippen LogP contribution in [0.25, 0.3) is 6.08 Å². The maximum absolute atomic E-state index is 13.9. The standard InChI is InChI=1S/C28H24BrClN2O6S/c1-6-10-38-25-19(30)11-16(12-21(25)36-5)13-22-26(33)32-24(17-8-9-20(35-4)18(29)14-17)23(27(34)37-7-2)15(3)31-28(32)39-22/h1,8-9,11-14,24H,7,10H2,2-5H3/b22-13+/t24-/m0/s1. The second-order valence-corrected chi connectivity index (χ2v) is 10.5. The van der Waals surface area contributed by atoms with Gasteiger partial charge in [0.1, 0.15) is 12.4 Å². The highest BCUT2D eigenvalue weighted by atomic mass is 79.9. The fraction of sp³-hybridized carbons (Fsp3) is 0.250. The van der Waals surface area contributed by atoms with Gasteiger partial charge in [-0.15, -0.1) is 6.42 Å². The molecular weight excluding hydrogens is 608 g/mol. The van der Waals surface area contributed by atoms with Crippen LogP contribution in [0.1, 0.15) is 31.0 Å². The van der Waals surface area contributed by atoms with Gasteiger partial charge in [-0.3, -0.25) is 9.36 Å². The average Bonchev–Trinajstić information content (AvgIpc) is 3.20. The molecule has 0 aliphatic carbocycles. The summed E-state index contributed by atoms with van der Waals surface area (Å²) in [5, 5.41) is 0.282. The Balaban J connectivity index is 1.92. The van der Waals surface area contributed by atoms with Gasteiger partial charge in [0.05, 0.1) is 52.2 Å². The molecule has 0 radical (unpaired) electrons. The lowest BCUT2D eigenvalue weighted by Gasteiger charge is -2.25. The number of allylic oxidation sites excluding steroid dienone is 1. The van der Waals surface area contributed by atoms with Gasteiger partial charge in [0.2, 0.25) is 0 Å². The molecule has 202 valence electrons. The van der Waals surface area contributed by atoms with Crippen LogP contribution in [0.3, 0.4) is 0 Å². The summed E-state index contributed by atoms with van der Waals surface area (Å²) in [7, 11) is 3.05. The monoisotopic (exact) mass is 630 g/mol. The van der Waals surface area contributed by atoms with E-state index in [0.29, 0.717) is 47.9 Å². The molecule has 4 rings (SSSR count). The van der Waals surface area contributed by atoms with Crippen molar-refractivity contribution in [2.45, 2.75) is 19.9 Å². The number of fused-ring (bicyclic) bond motifs is 1. The number of aromatic nitrogens is 1. The third kappa shape index (κ3) is 5.62. The topological polar surface area (TPSA) is 88.4 Å². The van der Waals surface area contributed by atoms with Crippen LogP contribution in [0.15, 0.2) is 55.9 Å². The molecule has 0 amide bonds. The lowest BCUT2D eigenvalue weighted by atomic mass is 9.96. The molecule has 0 spiro atoms. The van der Waals surface area contributed by atoms with Crippen molar-refractivity contribution in [1.82, 2.24) is 4.57 Å². The first-order valence-corrected chi connectivity index (χ1v) is 13.7. The molecule has 1 aromatic heterocycles. The lowest BCUT2D eigenvalue weighted by molar-refractivity contribution is -0.139. The average molecular weight is 632 g/mol. The molecule has 1 atom stereocenters. The Bertz CT molecular complexity index is 1700. The van der Waals surface area contributed by atoms with Crippen molar-refractivity contribution in [3.8, 4) is 29.6 Å². The molecule has 0 N–H and O–H groups in total. The van der Waals surface area contributed by atoms with Gasteiger partial charge in [-0.2, -0.15) is 0 Å². The van der Waals surface area contributed by atoms with Gasteiger partial charge >= 0.3 is 5.97 Å². The van der Waals surface area contributed by atoms with Crippen molar-refractivity contribution in [1.29, 1.82) is 0 Å². The molecule has 0 fully saturated rings. The van der Waals surface area contributed by atoms with Crippen molar-refractivity contribution in [2.24, 2.45) is 4.99 Å². The fourth-order valence-electron chi connectivity index (χ4n) is 4.19. The molecule has 3 aromatic rings. The van der Waals surface area contributed by atoms with Gasteiger partial charge in [-0.05, 0) is 71.2 Å². The molecule has 0 bridgehead atoms. The normalized spacial score (nSPS) is 14.8. The van der Waals surface area contributed by atoms with Crippen LogP contribution < -0.4 is 29.1 Å². The Hall–Kier alpha value is -3.52. The second-order valence-electron chi connectivity index (χ2n) is 8.22. The number of terminal acetylenes is 1. The number of carbonyl (C=O) groups excluding carboxylic acids is 1. The van der Waals surface area contributed by atoms with E-state index >= 15 is 0 Å². The quantitative estimate of drug-likeness (QED) is 0.273. The van der Waals surface area contributed by atoms with Crippen molar-refractivity contribution in [3.05, 3.63) is 81.9 Å². The SMILES string of the molecule is C#CCOc1c(Cl)cc(/C=c2/sc3n(c2=O)[C@@H](c2ccc(OC)c(Br)c2)C(C(=O)OCC)=C(C)N=3)cc1OC. The maximum Gasteiger partial charge on any atom is 0.338 e. The van der Waals surface area contributed by atoms with E-state index in [0.717, 1.165) is 0 Å². The summed E-state index contributed by atoms with van der Waals surface area (Å²) in [6, 6.07) is 7.99. The van der Waals surface area contributed by atoms with E-state index < -0.39 is 12.0 Å². The van der Waals surface area contributed by atoms with Gasteiger partial charge < -0.3 is 18.9 Å². The van der Waals surface area contributed by atoms with Crippen molar-refractivity contribution in [3.63, 3.8) is 0 Å². The number of esters is 1. The van der Waals surface area contributed by atoms with Gasteiger partial charge in [-0.1, -0.05) is 34.9 Å². The van der Waals surface area contributed by atoms with Gasteiger partial charge in [0.15, 0.2) is 16.3 Å². The third-order valence-corrected chi connectivity index (χ3v) is 7.74. The predicted octanol–water partition coefficient (Wildman–Crippen LogP) is 4.24. The molecule has 0 saturated carbocycles. The van der Waals surface area contributed by atoms with Crippen LogP contribution in [0.2, 0.25) is 5.02 Å². The molecule has 2 aromatic carbocycles. The molecule has 1 aliphatic rings. The first-order valence-electron chi connectivity index (χ1n) is 11.7. The van der Waals surface area contributed by atoms with E-state index in [1.807, 2.05) is 12.1 Å². The number of hydrogen-bond donors (Lipinski definition) is 0. The lowest BCUT2D eigenvalue weighted by Crippen LogP contribution is -2.40. The summed E-state index contributed by atoms with van der Waals surface area (Å²) in [6.07, 6.45) is 6.98. The van der Waals surface area contributed by atoms with Crippen LogP contribution in [0.5, 0.6) is 17.2 Å². The molecule has 11 heteroatoms. The molecule has 39 heavy (non-hydrogen) atoms. The number of nitrogens with zero attached hydrogens (tertiary/aromatic N) is 2. The Morgan fingerprint density at radius 1 is 1.26 bits per heavy atom. The van der Waals surface area contributed by atoms with Crippen molar-refractivity contribution >= 4 is 50.9 Å². The summed E-state index contributed by atoms with van der Waals surface area (Å²) in [4.78, 5) is 32.0. The highest BCUT2D eigenvalue weighted by Gasteiger charge is 2.33. The Kier molecular flexibility index (Phi) is 8.85. The summed E-state index contributed by atoms with van der Waals surface area (Å²) in [5.41, 5.74) is 1.73. The largest absolute Gasteiger partial charge is 0.496 e. The number of rotatable bonds is 8. The summed E-state index contributed by atoms with van der Waals surface area (Å²) < 4.78 is 24.2. The predicted molar refractivity (Wildman–Crippen MR) is 153 cm³/mol. The van der Waals surface area contributed by atoms with E-state index in [2.05, 4.69) is 26.8 Å². The van der Waals surface area contributed by atoms with Crippen LogP contribution >= 0.6 is 38.9 Å². The smallest absolute Gasteiger partial charge is 0.338 e. The summed E-state index contributed by atoms with van der Waals surface area (Å²) in [6.45, 7) is 3.67. The molecule has 0 unspecified atom stereocenters. The minimum absolute atomic E-state index is 0.0254. The highest BCUT2D eigenvalue weighted by Crippen LogP contribution is 2.37. The van der Waals surface area contributed by atoms with Gasteiger partial charge in [-0.25, -0.2) is 9.79 Å². The highest BCUT2D eigenvalue weighted by molar-refractivity contribution is 9.10. The minimum Gasteiger partial charge on any atom is -0.496 e. The second kappa shape index (κ2) is 12.1. The number of carbonyl (C=O) groups is 1. The number of benzene rings is 2. The minimum atomic E-state index is -0.762. The van der Waals surface area contributed by atoms with Crippen molar-refractivity contribution < 1.29 is 23.7 Å². The van der Waals surface area contributed by atoms with E-state index in [9.17, 15) is 9.59 Å². The molecule has 0 saturated heterocycles.